The third-order valence-electron chi connectivity index (χ3n) is 2.38. The van der Waals surface area contributed by atoms with Crippen molar-refractivity contribution in [1.29, 1.82) is 0 Å². The van der Waals surface area contributed by atoms with Crippen molar-refractivity contribution < 1.29 is 4.79 Å². The average molecular weight is 221 g/mol. The summed E-state index contributed by atoms with van der Waals surface area (Å²) in [7, 11) is 0. The summed E-state index contributed by atoms with van der Waals surface area (Å²) in [6.45, 7) is 2.15. The van der Waals surface area contributed by atoms with Gasteiger partial charge in [0.1, 0.15) is 0 Å². The molecule has 0 unspecified atom stereocenters. The van der Waals surface area contributed by atoms with Crippen molar-refractivity contribution in [3.63, 3.8) is 0 Å². The molecule has 5 N–H and O–H groups in total. The smallest absolute Gasteiger partial charge is 0.221 e. The van der Waals surface area contributed by atoms with Crippen molar-refractivity contribution in [1.82, 2.24) is 0 Å². The van der Waals surface area contributed by atoms with Gasteiger partial charge in [0.2, 0.25) is 5.91 Å². The zero-order chi connectivity index (χ0) is 12.0. The van der Waals surface area contributed by atoms with Gasteiger partial charge in [-0.05, 0) is 37.1 Å². The summed E-state index contributed by atoms with van der Waals surface area (Å²) in [5.74, 6) is -0.0693. The number of hydrogen-bond acceptors (Lipinski definition) is 3. The number of benzene rings is 1. The van der Waals surface area contributed by atoms with Crippen LogP contribution in [0.2, 0.25) is 0 Å². The first kappa shape index (κ1) is 12.7. The average Bonchev–Trinajstić information content (AvgIpc) is 2.26. The van der Waals surface area contributed by atoms with Crippen molar-refractivity contribution in [2.45, 2.75) is 25.8 Å². The summed E-state index contributed by atoms with van der Waals surface area (Å²) >= 11 is 0. The van der Waals surface area contributed by atoms with Gasteiger partial charge in [-0.3, -0.25) is 4.79 Å². The number of nitrogens with one attached hydrogen (secondary N) is 1. The van der Waals surface area contributed by atoms with E-state index in [4.69, 9.17) is 11.5 Å². The summed E-state index contributed by atoms with van der Waals surface area (Å²) in [4.78, 5) is 10.8. The van der Waals surface area contributed by atoms with Gasteiger partial charge in [-0.25, -0.2) is 0 Å². The van der Waals surface area contributed by atoms with E-state index >= 15 is 0 Å². The SMILES string of the molecule is CC(=O)Nc1ccc([C@@H](N)CCCN)cc1. The van der Waals surface area contributed by atoms with Crippen LogP contribution in [-0.4, -0.2) is 12.5 Å². The highest BCUT2D eigenvalue weighted by atomic mass is 16.1. The highest BCUT2D eigenvalue weighted by Gasteiger charge is 2.05. The largest absolute Gasteiger partial charge is 0.330 e. The van der Waals surface area contributed by atoms with Gasteiger partial charge >= 0.3 is 0 Å². The number of carbonyl (C=O) groups is 1. The van der Waals surface area contributed by atoms with E-state index in [1.807, 2.05) is 24.3 Å². The highest BCUT2D eigenvalue weighted by Crippen LogP contribution is 2.18. The maximum Gasteiger partial charge on any atom is 0.221 e. The Morgan fingerprint density at radius 3 is 2.50 bits per heavy atom. The van der Waals surface area contributed by atoms with Gasteiger partial charge in [0.25, 0.3) is 0 Å². The lowest BCUT2D eigenvalue weighted by Gasteiger charge is -2.12. The highest BCUT2D eigenvalue weighted by molar-refractivity contribution is 5.88. The van der Waals surface area contributed by atoms with Gasteiger partial charge in [-0.2, -0.15) is 0 Å². The summed E-state index contributed by atoms with van der Waals surface area (Å²) in [5, 5.41) is 2.71. The Morgan fingerprint density at radius 1 is 1.38 bits per heavy atom. The number of amides is 1. The molecule has 4 nitrogen and oxygen atoms in total. The number of carbonyl (C=O) groups excluding carboxylic acids is 1. The molecule has 0 saturated carbocycles. The standard InChI is InChI=1S/C12H19N3O/c1-9(16)15-11-6-4-10(5-7-11)12(14)3-2-8-13/h4-7,12H,2-3,8,13-14H2,1H3,(H,15,16)/t12-/m0/s1. The normalized spacial score (nSPS) is 12.2. The Kier molecular flexibility index (Phi) is 4.95. The summed E-state index contributed by atoms with van der Waals surface area (Å²) < 4.78 is 0. The molecule has 1 atom stereocenters. The molecule has 16 heavy (non-hydrogen) atoms. The predicted molar refractivity (Wildman–Crippen MR) is 66.0 cm³/mol. The van der Waals surface area contributed by atoms with E-state index in [1.54, 1.807) is 0 Å². The van der Waals surface area contributed by atoms with Gasteiger partial charge in [0.15, 0.2) is 0 Å². The first-order valence-corrected chi connectivity index (χ1v) is 5.46. The zero-order valence-electron chi connectivity index (χ0n) is 9.57. The number of anilines is 1. The third kappa shape index (κ3) is 4.00. The van der Waals surface area contributed by atoms with Crippen LogP contribution in [0.5, 0.6) is 0 Å². The number of nitrogens with two attached hydrogens (primary N) is 2. The van der Waals surface area contributed by atoms with Crippen molar-refractivity contribution in [2.75, 3.05) is 11.9 Å². The van der Waals surface area contributed by atoms with Crippen LogP contribution in [0.3, 0.4) is 0 Å². The minimum absolute atomic E-state index is 0.0231. The van der Waals surface area contributed by atoms with E-state index in [0.717, 1.165) is 24.1 Å². The minimum Gasteiger partial charge on any atom is -0.330 e. The molecule has 0 radical (unpaired) electrons. The van der Waals surface area contributed by atoms with E-state index in [2.05, 4.69) is 5.32 Å². The summed E-state index contributed by atoms with van der Waals surface area (Å²) in [6, 6.07) is 7.62. The van der Waals surface area contributed by atoms with Crippen molar-refractivity contribution in [3.05, 3.63) is 29.8 Å². The quantitative estimate of drug-likeness (QED) is 0.702. The molecule has 1 aromatic carbocycles. The molecular formula is C12H19N3O. The second-order valence-electron chi connectivity index (χ2n) is 3.84. The fraction of sp³-hybridized carbons (Fsp3) is 0.417. The molecular weight excluding hydrogens is 202 g/mol. The Balaban J connectivity index is 2.59. The molecule has 0 aliphatic heterocycles. The molecule has 0 saturated heterocycles. The van der Waals surface area contributed by atoms with E-state index in [0.29, 0.717) is 6.54 Å². The van der Waals surface area contributed by atoms with Crippen LogP contribution in [0.15, 0.2) is 24.3 Å². The second kappa shape index (κ2) is 6.25. The van der Waals surface area contributed by atoms with Gasteiger partial charge in [-0.15, -0.1) is 0 Å². The second-order valence-corrected chi connectivity index (χ2v) is 3.84. The Hall–Kier alpha value is -1.39. The lowest BCUT2D eigenvalue weighted by Crippen LogP contribution is -2.12. The molecule has 0 aromatic heterocycles. The molecule has 0 aliphatic carbocycles. The molecule has 0 aliphatic rings. The van der Waals surface area contributed by atoms with Crippen molar-refractivity contribution in [2.24, 2.45) is 11.5 Å². The van der Waals surface area contributed by atoms with Crippen LogP contribution < -0.4 is 16.8 Å². The number of rotatable bonds is 5. The topological polar surface area (TPSA) is 81.1 Å². The summed E-state index contributed by atoms with van der Waals surface area (Å²) in [5.41, 5.74) is 13.3. The maximum absolute atomic E-state index is 10.8. The molecule has 0 fully saturated rings. The van der Waals surface area contributed by atoms with Crippen molar-refractivity contribution >= 4 is 11.6 Å². The van der Waals surface area contributed by atoms with Gasteiger partial charge in [-0.1, -0.05) is 12.1 Å². The lowest BCUT2D eigenvalue weighted by atomic mass is 10.0. The van der Waals surface area contributed by atoms with Gasteiger partial charge < -0.3 is 16.8 Å². The number of hydrogen-bond donors (Lipinski definition) is 3. The summed E-state index contributed by atoms with van der Waals surface area (Å²) in [6.07, 6.45) is 1.81. The molecule has 0 heterocycles. The zero-order valence-corrected chi connectivity index (χ0v) is 9.57. The van der Waals surface area contributed by atoms with Crippen molar-refractivity contribution in [3.8, 4) is 0 Å². The molecule has 4 heteroatoms. The van der Waals surface area contributed by atoms with E-state index in [1.165, 1.54) is 6.92 Å². The van der Waals surface area contributed by atoms with Gasteiger partial charge in [0, 0.05) is 18.7 Å². The molecule has 0 spiro atoms. The van der Waals surface area contributed by atoms with Crippen LogP contribution >= 0.6 is 0 Å². The van der Waals surface area contributed by atoms with E-state index < -0.39 is 0 Å². The Bertz CT molecular complexity index is 335. The van der Waals surface area contributed by atoms with Crippen LogP contribution in [0.1, 0.15) is 31.4 Å². The fourth-order valence-electron chi connectivity index (χ4n) is 1.52. The molecule has 1 aromatic rings. The van der Waals surface area contributed by atoms with E-state index in [-0.39, 0.29) is 11.9 Å². The molecule has 1 amide bonds. The van der Waals surface area contributed by atoms with Crippen LogP contribution in [-0.2, 0) is 4.79 Å². The maximum atomic E-state index is 10.8. The third-order valence-corrected chi connectivity index (χ3v) is 2.38. The molecule has 88 valence electrons. The van der Waals surface area contributed by atoms with Crippen LogP contribution in [0, 0.1) is 0 Å². The Labute approximate surface area is 96.0 Å². The monoisotopic (exact) mass is 221 g/mol. The first-order chi connectivity index (χ1) is 7.63. The van der Waals surface area contributed by atoms with Gasteiger partial charge in [0.05, 0.1) is 0 Å². The van der Waals surface area contributed by atoms with Crippen LogP contribution in [0.25, 0.3) is 0 Å². The fourth-order valence-corrected chi connectivity index (χ4v) is 1.52. The Morgan fingerprint density at radius 2 is 2.00 bits per heavy atom. The van der Waals surface area contributed by atoms with Crippen LogP contribution in [0.4, 0.5) is 5.69 Å². The minimum atomic E-state index is -0.0693. The first-order valence-electron chi connectivity index (χ1n) is 5.46. The van der Waals surface area contributed by atoms with E-state index in [9.17, 15) is 4.79 Å². The predicted octanol–water partition coefficient (Wildman–Crippen LogP) is 1.38. The molecule has 0 bridgehead atoms. The molecule has 1 rings (SSSR count). The lowest BCUT2D eigenvalue weighted by molar-refractivity contribution is -0.114.